The highest BCUT2D eigenvalue weighted by molar-refractivity contribution is 5.92. The van der Waals surface area contributed by atoms with Gasteiger partial charge in [0.15, 0.2) is 0 Å². The first-order chi connectivity index (χ1) is 9.08. The highest BCUT2D eigenvalue weighted by Gasteiger charge is 2.12. The van der Waals surface area contributed by atoms with Crippen molar-refractivity contribution in [1.29, 1.82) is 0 Å². The Hall–Kier alpha value is -2.23. The third kappa shape index (κ3) is 3.16. The SMILES string of the molecule is CC(C)n1cccc1C(=O)NCc1cccc(O)c1. The summed E-state index contributed by atoms with van der Waals surface area (Å²) in [6, 6.07) is 10.8. The van der Waals surface area contributed by atoms with E-state index in [0.29, 0.717) is 12.2 Å². The molecule has 0 unspecified atom stereocenters. The third-order valence-corrected chi connectivity index (χ3v) is 2.93. The number of aromatic nitrogens is 1. The Morgan fingerprint density at radius 2 is 2.11 bits per heavy atom. The maximum absolute atomic E-state index is 12.1. The second kappa shape index (κ2) is 5.61. The number of amides is 1. The minimum absolute atomic E-state index is 0.109. The molecule has 0 saturated heterocycles. The van der Waals surface area contributed by atoms with Crippen LogP contribution in [0.4, 0.5) is 0 Å². The summed E-state index contributed by atoms with van der Waals surface area (Å²) >= 11 is 0. The molecule has 19 heavy (non-hydrogen) atoms. The second-order valence-electron chi connectivity index (χ2n) is 4.75. The van der Waals surface area contributed by atoms with Crippen molar-refractivity contribution in [3.05, 3.63) is 53.9 Å². The van der Waals surface area contributed by atoms with Crippen LogP contribution in [-0.4, -0.2) is 15.6 Å². The fourth-order valence-electron chi connectivity index (χ4n) is 1.98. The average molecular weight is 258 g/mol. The summed E-state index contributed by atoms with van der Waals surface area (Å²) in [6.07, 6.45) is 1.90. The molecule has 1 amide bonds. The van der Waals surface area contributed by atoms with Crippen molar-refractivity contribution in [2.45, 2.75) is 26.4 Å². The molecule has 4 nitrogen and oxygen atoms in total. The van der Waals surface area contributed by atoms with Gasteiger partial charge < -0.3 is 15.0 Å². The van der Waals surface area contributed by atoms with Gasteiger partial charge in [-0.1, -0.05) is 12.1 Å². The number of hydrogen-bond acceptors (Lipinski definition) is 2. The van der Waals surface area contributed by atoms with Crippen LogP contribution < -0.4 is 5.32 Å². The number of rotatable bonds is 4. The number of carbonyl (C=O) groups is 1. The van der Waals surface area contributed by atoms with Gasteiger partial charge in [-0.3, -0.25) is 4.79 Å². The van der Waals surface area contributed by atoms with Crippen molar-refractivity contribution in [1.82, 2.24) is 9.88 Å². The van der Waals surface area contributed by atoms with Crippen LogP contribution in [0.25, 0.3) is 0 Å². The van der Waals surface area contributed by atoms with Crippen molar-refractivity contribution in [2.24, 2.45) is 0 Å². The molecule has 0 aliphatic rings. The average Bonchev–Trinajstić information content (AvgIpc) is 2.85. The van der Waals surface area contributed by atoms with E-state index in [-0.39, 0.29) is 17.7 Å². The fourth-order valence-corrected chi connectivity index (χ4v) is 1.98. The molecular weight excluding hydrogens is 240 g/mol. The van der Waals surface area contributed by atoms with E-state index in [9.17, 15) is 9.90 Å². The topological polar surface area (TPSA) is 54.3 Å². The van der Waals surface area contributed by atoms with Gasteiger partial charge in [-0.05, 0) is 43.7 Å². The zero-order chi connectivity index (χ0) is 13.8. The standard InChI is InChI=1S/C15H18N2O2/c1-11(2)17-8-4-7-14(17)15(19)16-10-12-5-3-6-13(18)9-12/h3-9,11,18H,10H2,1-2H3,(H,16,19). The molecule has 0 fully saturated rings. The number of benzene rings is 1. The van der Waals surface area contributed by atoms with E-state index in [1.165, 1.54) is 0 Å². The quantitative estimate of drug-likeness (QED) is 0.886. The van der Waals surface area contributed by atoms with Gasteiger partial charge >= 0.3 is 0 Å². The molecule has 0 bridgehead atoms. The van der Waals surface area contributed by atoms with Crippen LogP contribution in [0.1, 0.15) is 35.9 Å². The number of nitrogens with zero attached hydrogens (tertiary/aromatic N) is 1. The van der Waals surface area contributed by atoms with E-state index in [4.69, 9.17) is 0 Å². The fraction of sp³-hybridized carbons (Fsp3) is 0.267. The highest BCUT2D eigenvalue weighted by Crippen LogP contribution is 2.12. The van der Waals surface area contributed by atoms with Gasteiger partial charge in [0.1, 0.15) is 11.4 Å². The molecule has 1 aromatic carbocycles. The van der Waals surface area contributed by atoms with Crippen molar-refractivity contribution >= 4 is 5.91 Å². The predicted octanol–water partition coefficient (Wildman–Crippen LogP) is 2.70. The number of aromatic hydroxyl groups is 1. The molecule has 0 spiro atoms. The first-order valence-electron chi connectivity index (χ1n) is 6.31. The van der Waals surface area contributed by atoms with E-state index in [1.54, 1.807) is 24.3 Å². The molecule has 100 valence electrons. The number of hydrogen-bond donors (Lipinski definition) is 2. The first kappa shape index (κ1) is 13.2. The number of phenols is 1. The molecule has 0 atom stereocenters. The summed E-state index contributed by atoms with van der Waals surface area (Å²) in [7, 11) is 0. The molecule has 1 aromatic heterocycles. The summed E-state index contributed by atoms with van der Waals surface area (Å²) < 4.78 is 1.93. The summed E-state index contributed by atoms with van der Waals surface area (Å²) in [5.74, 6) is 0.0966. The minimum atomic E-state index is -0.109. The normalized spacial score (nSPS) is 10.7. The molecule has 2 rings (SSSR count). The Labute approximate surface area is 112 Å². The summed E-state index contributed by atoms with van der Waals surface area (Å²) in [4.78, 5) is 12.1. The lowest BCUT2D eigenvalue weighted by Gasteiger charge is -2.12. The minimum Gasteiger partial charge on any atom is -0.508 e. The zero-order valence-electron chi connectivity index (χ0n) is 11.1. The summed E-state index contributed by atoms with van der Waals surface area (Å²) in [6.45, 7) is 4.47. The van der Waals surface area contributed by atoms with Gasteiger partial charge in [0.25, 0.3) is 5.91 Å². The van der Waals surface area contributed by atoms with Crippen LogP contribution in [0.3, 0.4) is 0 Å². The molecule has 2 N–H and O–H groups in total. The van der Waals surface area contributed by atoms with Gasteiger partial charge in [0.05, 0.1) is 0 Å². The van der Waals surface area contributed by atoms with Crippen LogP contribution in [-0.2, 0) is 6.54 Å². The zero-order valence-corrected chi connectivity index (χ0v) is 11.1. The smallest absolute Gasteiger partial charge is 0.268 e. The Morgan fingerprint density at radius 1 is 1.32 bits per heavy atom. The maximum Gasteiger partial charge on any atom is 0.268 e. The number of carbonyl (C=O) groups excluding carboxylic acids is 1. The molecule has 0 radical (unpaired) electrons. The van der Waals surface area contributed by atoms with E-state index in [0.717, 1.165) is 5.56 Å². The molecule has 0 aliphatic carbocycles. The van der Waals surface area contributed by atoms with Crippen molar-refractivity contribution in [2.75, 3.05) is 0 Å². The predicted molar refractivity (Wildman–Crippen MR) is 74.1 cm³/mol. The van der Waals surface area contributed by atoms with Crippen molar-refractivity contribution in [3.63, 3.8) is 0 Å². The molecule has 1 heterocycles. The lowest BCUT2D eigenvalue weighted by Crippen LogP contribution is -2.25. The Balaban J connectivity index is 2.03. The van der Waals surface area contributed by atoms with Crippen LogP contribution >= 0.6 is 0 Å². The lowest BCUT2D eigenvalue weighted by molar-refractivity contribution is 0.0940. The Kier molecular flexibility index (Phi) is 3.90. The van der Waals surface area contributed by atoms with Crippen LogP contribution in [0.15, 0.2) is 42.6 Å². The number of phenolic OH excluding ortho intramolecular Hbond substituents is 1. The molecule has 2 aromatic rings. The largest absolute Gasteiger partial charge is 0.508 e. The highest BCUT2D eigenvalue weighted by atomic mass is 16.3. The molecule has 0 aliphatic heterocycles. The number of nitrogens with one attached hydrogen (secondary N) is 1. The Bertz CT molecular complexity index is 573. The van der Waals surface area contributed by atoms with Gasteiger partial charge in [-0.15, -0.1) is 0 Å². The monoisotopic (exact) mass is 258 g/mol. The molecule has 4 heteroatoms. The van der Waals surface area contributed by atoms with Gasteiger partial charge in [-0.25, -0.2) is 0 Å². The van der Waals surface area contributed by atoms with E-state index < -0.39 is 0 Å². The van der Waals surface area contributed by atoms with Crippen molar-refractivity contribution < 1.29 is 9.90 Å². The van der Waals surface area contributed by atoms with E-state index in [1.807, 2.05) is 36.7 Å². The third-order valence-electron chi connectivity index (χ3n) is 2.93. The van der Waals surface area contributed by atoms with E-state index in [2.05, 4.69) is 5.32 Å². The van der Waals surface area contributed by atoms with Gasteiger partial charge in [0.2, 0.25) is 0 Å². The summed E-state index contributed by atoms with van der Waals surface area (Å²) in [5.41, 5.74) is 1.52. The van der Waals surface area contributed by atoms with E-state index >= 15 is 0 Å². The Morgan fingerprint density at radius 3 is 2.79 bits per heavy atom. The van der Waals surface area contributed by atoms with Crippen molar-refractivity contribution in [3.8, 4) is 5.75 Å². The first-order valence-corrected chi connectivity index (χ1v) is 6.31. The van der Waals surface area contributed by atoms with Crippen LogP contribution in [0.5, 0.6) is 5.75 Å². The van der Waals surface area contributed by atoms with Crippen LogP contribution in [0, 0.1) is 0 Å². The maximum atomic E-state index is 12.1. The molecular formula is C15H18N2O2. The second-order valence-corrected chi connectivity index (χ2v) is 4.75. The molecule has 0 saturated carbocycles. The summed E-state index contributed by atoms with van der Waals surface area (Å²) in [5, 5.41) is 12.2. The lowest BCUT2D eigenvalue weighted by atomic mass is 10.2. The van der Waals surface area contributed by atoms with Gasteiger partial charge in [0, 0.05) is 18.8 Å². The van der Waals surface area contributed by atoms with Crippen LogP contribution in [0.2, 0.25) is 0 Å². The van der Waals surface area contributed by atoms with Gasteiger partial charge in [-0.2, -0.15) is 0 Å².